The van der Waals surface area contributed by atoms with Crippen molar-refractivity contribution in [2.24, 2.45) is 0 Å². The summed E-state index contributed by atoms with van der Waals surface area (Å²) in [5, 5.41) is 0.405. The molecule has 0 unspecified atom stereocenters. The van der Waals surface area contributed by atoms with Crippen molar-refractivity contribution in [3.8, 4) is 0 Å². The summed E-state index contributed by atoms with van der Waals surface area (Å²) in [6, 6.07) is 0. The Hall–Kier alpha value is -0.292. The topological polar surface area (TPSA) is 54.5 Å². The van der Waals surface area contributed by atoms with Crippen molar-refractivity contribution in [3.63, 3.8) is 0 Å². The average Bonchev–Trinajstić information content (AvgIpc) is 2.68. The van der Waals surface area contributed by atoms with E-state index in [1.54, 1.807) is 19.5 Å². The third-order valence-corrected chi connectivity index (χ3v) is 42.0. The third-order valence-electron chi connectivity index (χ3n) is 1.68. The summed E-state index contributed by atoms with van der Waals surface area (Å²) in [4.78, 5) is 14.3. The Morgan fingerprint density at radius 2 is 1.93 bits per heavy atom. The monoisotopic (exact) mass is 276 g/mol. The van der Waals surface area contributed by atoms with E-state index in [0.717, 1.165) is 17.1 Å². The van der Waals surface area contributed by atoms with Gasteiger partial charge in [-0.2, -0.15) is 0 Å². The zero-order chi connectivity index (χ0) is 10.4. The Bertz CT molecular complexity index is 392. The second-order valence-corrected chi connectivity index (χ2v) is 29.1. The molecule has 1 N–H and O–H groups in total. The summed E-state index contributed by atoms with van der Waals surface area (Å²) >= 11 is 5.68. The van der Waals surface area contributed by atoms with Gasteiger partial charge in [0.2, 0.25) is 0 Å². The van der Waals surface area contributed by atoms with Crippen molar-refractivity contribution in [3.05, 3.63) is 17.8 Å². The van der Waals surface area contributed by atoms with Crippen LogP contribution in [0.3, 0.4) is 0 Å². The van der Waals surface area contributed by atoms with Gasteiger partial charge in [0.05, 0.1) is 6.33 Å². The molecule has 0 bridgehead atoms. The van der Waals surface area contributed by atoms with E-state index in [1.807, 2.05) is 0 Å². The Labute approximate surface area is 97.1 Å². The van der Waals surface area contributed by atoms with Crippen LogP contribution in [0.5, 0.6) is 0 Å². The van der Waals surface area contributed by atoms with Gasteiger partial charge in [0.15, 0.2) is 10.8 Å². The molecule has 2 rings (SSSR count). The van der Waals surface area contributed by atoms with Crippen LogP contribution in [-0.4, -0.2) is 56.6 Å². The lowest BCUT2D eigenvalue weighted by Crippen LogP contribution is -2.00. The van der Waals surface area contributed by atoms with Gasteiger partial charge in [-0.15, -0.1) is 0 Å². The van der Waals surface area contributed by atoms with Crippen LogP contribution in [-0.2, 0) is 0 Å². The van der Waals surface area contributed by atoms with Gasteiger partial charge in [-0.05, 0) is 36.6 Å². The molecule has 2 heterocycles. The molecule has 0 fully saturated rings. The number of nitrogens with zero attached hydrogens (tertiary/aromatic N) is 3. The van der Waals surface area contributed by atoms with Crippen molar-refractivity contribution in [2.45, 2.75) is 0 Å². The van der Waals surface area contributed by atoms with Crippen LogP contribution in [0.1, 0.15) is 0 Å². The lowest BCUT2D eigenvalue weighted by Gasteiger charge is -1.86. The Balaban J connectivity index is 0.000000213. The molecule has 2 aromatic rings. The number of aromatic nitrogens is 4. The van der Waals surface area contributed by atoms with Gasteiger partial charge >= 0.3 is 0 Å². The van der Waals surface area contributed by atoms with E-state index in [1.165, 1.54) is 12.7 Å². The fourth-order valence-electron chi connectivity index (χ4n) is 0.736. The highest BCUT2D eigenvalue weighted by Crippen LogP contribution is 2.13. The summed E-state index contributed by atoms with van der Waals surface area (Å²) in [6.07, 6.45) is 2.91. The molecule has 9 heteroatoms. The predicted octanol–water partition coefficient (Wildman–Crippen LogP) is -3.19. The van der Waals surface area contributed by atoms with E-state index < -0.39 is 0 Å². The molecule has 0 saturated carbocycles. The van der Waals surface area contributed by atoms with Gasteiger partial charge < -0.3 is 4.98 Å². The number of rotatable bonds is 1. The highest BCUT2D eigenvalue weighted by molar-refractivity contribution is 7.37. The standard InChI is InChI=1S/C5H3ClN4.H10Si4/c6-4-3-5(9-1-7-3)10-2-8-4;1-3-4-2/h1-2H,(H,7,8,9,10);3-4H2,1-2H3. The van der Waals surface area contributed by atoms with E-state index in [-0.39, 0.29) is 0 Å². The molecule has 0 aliphatic carbocycles. The molecular weight excluding hydrogens is 264 g/mol. The van der Waals surface area contributed by atoms with Gasteiger partial charge in [-0.25, -0.2) is 15.0 Å². The van der Waals surface area contributed by atoms with Crippen molar-refractivity contribution >= 4 is 59.4 Å². The second kappa shape index (κ2) is 6.24. The van der Waals surface area contributed by atoms with Crippen LogP contribution in [0.4, 0.5) is 0 Å². The summed E-state index contributed by atoms with van der Waals surface area (Å²) in [6.45, 7) is 0. The van der Waals surface area contributed by atoms with Crippen LogP contribution < -0.4 is 0 Å². The number of hydrogen-bond donors (Lipinski definition) is 1. The van der Waals surface area contributed by atoms with Crippen LogP contribution in [0.15, 0.2) is 12.7 Å². The van der Waals surface area contributed by atoms with Gasteiger partial charge in [0, 0.05) is 0 Å². The molecule has 0 aliphatic heterocycles. The minimum atomic E-state index is 0.405. The summed E-state index contributed by atoms with van der Waals surface area (Å²) in [5.41, 5.74) is 1.28. The first-order valence-electron chi connectivity index (χ1n) is 4.59. The maximum absolute atomic E-state index is 5.68. The largest absolute Gasteiger partial charge is 0.341 e. The minimum absolute atomic E-state index is 0.405. The quantitative estimate of drug-likeness (QED) is 0.441. The van der Waals surface area contributed by atoms with Crippen LogP contribution >= 0.6 is 11.6 Å². The maximum atomic E-state index is 5.68. The first-order chi connectivity index (χ1) is 6.79. The number of nitrogens with one attached hydrogen (secondary N) is 1. The zero-order valence-electron chi connectivity index (χ0n) is 8.29. The fraction of sp³-hybridized carbons (Fsp3) is 0. The van der Waals surface area contributed by atoms with Crippen molar-refractivity contribution in [2.75, 3.05) is 0 Å². The second-order valence-electron chi connectivity index (χ2n) is 2.77. The zero-order valence-corrected chi connectivity index (χ0v) is 15.9. The van der Waals surface area contributed by atoms with Crippen LogP contribution in [0, 0.1) is 0 Å². The molecule has 4 nitrogen and oxygen atoms in total. The van der Waals surface area contributed by atoms with E-state index in [2.05, 4.69) is 19.9 Å². The van der Waals surface area contributed by atoms with E-state index in [9.17, 15) is 0 Å². The predicted molar refractivity (Wildman–Crippen MR) is 73.7 cm³/mol. The number of H-pyrrole nitrogens is 1. The molecule has 0 saturated heterocycles. The molecular formula is C5H13ClN4Si4. The van der Waals surface area contributed by atoms with Gasteiger partial charge in [-0.1, -0.05) is 11.6 Å². The number of fused-ring (bicyclic) bond motifs is 1. The molecule has 0 radical (unpaired) electrons. The summed E-state index contributed by atoms with van der Waals surface area (Å²) < 4.78 is 0. The summed E-state index contributed by atoms with van der Waals surface area (Å²) in [7, 11) is 4.78. The van der Waals surface area contributed by atoms with Gasteiger partial charge in [0.1, 0.15) is 11.8 Å². The van der Waals surface area contributed by atoms with E-state index in [4.69, 9.17) is 11.6 Å². The minimum Gasteiger partial charge on any atom is -0.341 e. The molecule has 0 aliphatic rings. The Morgan fingerprint density at radius 1 is 1.21 bits per heavy atom. The SMILES string of the molecule is Clc1ncnc2nc[nH]c12.[SiH3][SiH2][SiH2][SiH3]. The summed E-state index contributed by atoms with van der Waals surface area (Å²) in [5.74, 6) is 0. The number of hydrogen-bond acceptors (Lipinski definition) is 3. The fourth-order valence-corrected chi connectivity index (χ4v) is 0.918. The normalized spacial score (nSPS) is 11.8. The highest BCUT2D eigenvalue weighted by atomic mass is 35.5. The van der Waals surface area contributed by atoms with Crippen LogP contribution in [0.2, 0.25) is 5.15 Å². The Morgan fingerprint density at radius 3 is 2.50 bits per heavy atom. The van der Waals surface area contributed by atoms with E-state index in [0.29, 0.717) is 16.3 Å². The molecule has 0 aromatic carbocycles. The molecule has 76 valence electrons. The van der Waals surface area contributed by atoms with Crippen molar-refractivity contribution in [1.82, 2.24) is 19.9 Å². The van der Waals surface area contributed by atoms with Crippen molar-refractivity contribution < 1.29 is 0 Å². The van der Waals surface area contributed by atoms with Crippen LogP contribution in [0.25, 0.3) is 11.2 Å². The molecule has 0 amide bonds. The molecule has 0 atom stereocenters. The van der Waals surface area contributed by atoms with Gasteiger partial charge in [-0.3, -0.25) is 0 Å². The Kier molecular flexibility index (Phi) is 5.25. The molecule has 14 heavy (non-hydrogen) atoms. The average molecular weight is 277 g/mol. The number of aromatic amines is 1. The first-order valence-corrected chi connectivity index (χ1v) is 20.3. The number of imidazole rings is 1. The molecule has 2 aromatic heterocycles. The van der Waals surface area contributed by atoms with Gasteiger partial charge in [0.25, 0.3) is 0 Å². The highest BCUT2D eigenvalue weighted by Gasteiger charge is 2.00. The maximum Gasteiger partial charge on any atom is 0.182 e. The smallest absolute Gasteiger partial charge is 0.182 e. The lowest BCUT2D eigenvalue weighted by atomic mass is 10.6. The lowest BCUT2D eigenvalue weighted by molar-refractivity contribution is 1.20. The number of halogens is 1. The van der Waals surface area contributed by atoms with Crippen molar-refractivity contribution in [1.29, 1.82) is 0 Å². The molecule has 0 spiro atoms. The first kappa shape index (κ1) is 11.8. The van der Waals surface area contributed by atoms with E-state index >= 15 is 0 Å². The third kappa shape index (κ3) is 3.13.